The van der Waals surface area contributed by atoms with Crippen LogP contribution in [-0.2, 0) is 6.42 Å². The quantitative estimate of drug-likeness (QED) is 0.730. The number of hydrogen-bond acceptors (Lipinski definition) is 3. The average Bonchev–Trinajstić information content (AvgIpc) is 2.54. The van der Waals surface area contributed by atoms with Crippen LogP contribution in [0, 0.1) is 5.82 Å². The number of aromatic nitrogens is 1. The third kappa shape index (κ3) is 2.51. The molecule has 3 heterocycles. The molecular weight excluding hydrogens is 325 g/mol. The molecule has 0 N–H and O–H groups in total. The van der Waals surface area contributed by atoms with Crippen LogP contribution >= 0.6 is 11.6 Å². The van der Waals surface area contributed by atoms with Gasteiger partial charge in [-0.3, -0.25) is 9.98 Å². The lowest BCUT2D eigenvalue weighted by atomic mass is 9.94. The van der Waals surface area contributed by atoms with Gasteiger partial charge in [-0.25, -0.2) is 4.39 Å². The zero-order valence-corrected chi connectivity index (χ0v) is 14.3. The topological polar surface area (TPSA) is 28.5 Å². The highest BCUT2D eigenvalue weighted by atomic mass is 35.5. The molecule has 0 spiro atoms. The number of pyridine rings is 1. The number of rotatable bonds is 1. The minimum atomic E-state index is -0.348. The number of hydrogen-bond donors (Lipinski definition) is 0. The maximum atomic E-state index is 13.5. The minimum absolute atomic E-state index is 0.203. The Morgan fingerprint density at radius 3 is 2.79 bits per heavy atom. The molecule has 0 aliphatic carbocycles. The number of aryl methyl sites for hydroxylation is 1. The lowest BCUT2D eigenvalue weighted by molar-refractivity contribution is 0.622. The van der Waals surface area contributed by atoms with Crippen molar-refractivity contribution in [2.45, 2.75) is 32.7 Å². The van der Waals surface area contributed by atoms with Gasteiger partial charge in [0, 0.05) is 23.9 Å². The second kappa shape index (κ2) is 5.71. The van der Waals surface area contributed by atoms with Gasteiger partial charge in [-0.05, 0) is 55.7 Å². The highest BCUT2D eigenvalue weighted by Gasteiger charge is 2.29. The van der Waals surface area contributed by atoms with E-state index in [0.717, 1.165) is 46.8 Å². The molecule has 0 fully saturated rings. The predicted octanol–water partition coefficient (Wildman–Crippen LogP) is 5.00. The van der Waals surface area contributed by atoms with E-state index in [1.165, 1.54) is 12.3 Å². The molecule has 0 saturated carbocycles. The van der Waals surface area contributed by atoms with Gasteiger partial charge in [-0.2, -0.15) is 0 Å². The fraction of sp³-hybridized carbons (Fsp3) is 0.263. The summed E-state index contributed by atoms with van der Waals surface area (Å²) < 4.78 is 13.5. The van der Waals surface area contributed by atoms with Crippen LogP contribution in [0.4, 0.5) is 10.1 Å². The molecule has 4 rings (SSSR count). The second-order valence-corrected chi connectivity index (χ2v) is 6.69. The summed E-state index contributed by atoms with van der Waals surface area (Å²) in [6, 6.07) is 5.65. The normalized spacial score (nSPS) is 19.3. The molecule has 2 aliphatic rings. The first-order valence-electron chi connectivity index (χ1n) is 8.01. The Kier molecular flexibility index (Phi) is 3.65. The van der Waals surface area contributed by atoms with Crippen molar-refractivity contribution in [3.8, 4) is 11.1 Å². The van der Waals surface area contributed by atoms with Crippen LogP contribution in [0.1, 0.15) is 25.8 Å². The number of halogens is 2. The molecule has 1 atom stereocenters. The molecule has 0 amide bonds. The van der Waals surface area contributed by atoms with E-state index in [0.29, 0.717) is 5.02 Å². The summed E-state index contributed by atoms with van der Waals surface area (Å²) in [5.41, 5.74) is 4.92. The molecular formula is C19H17ClFN3. The van der Waals surface area contributed by atoms with E-state index in [-0.39, 0.29) is 11.9 Å². The Hall–Kier alpha value is -2.20. The fourth-order valence-corrected chi connectivity index (χ4v) is 3.84. The van der Waals surface area contributed by atoms with E-state index in [1.54, 1.807) is 6.20 Å². The molecule has 2 aromatic rings. The molecule has 0 bridgehead atoms. The molecule has 5 heteroatoms. The van der Waals surface area contributed by atoms with Gasteiger partial charge in [0.2, 0.25) is 0 Å². The smallest absolute Gasteiger partial charge is 0.142 e. The van der Waals surface area contributed by atoms with Crippen molar-refractivity contribution >= 4 is 23.1 Å². The lowest BCUT2D eigenvalue weighted by Gasteiger charge is -2.37. The first kappa shape index (κ1) is 15.3. The number of fused-ring (bicyclic) bond motifs is 3. The van der Waals surface area contributed by atoms with Crippen molar-refractivity contribution in [2.24, 2.45) is 4.99 Å². The molecule has 1 aromatic carbocycles. The van der Waals surface area contributed by atoms with Gasteiger partial charge in [0.1, 0.15) is 11.7 Å². The van der Waals surface area contributed by atoms with Gasteiger partial charge in [0.05, 0.1) is 22.9 Å². The van der Waals surface area contributed by atoms with Gasteiger partial charge in [0.15, 0.2) is 0 Å². The Labute approximate surface area is 145 Å². The van der Waals surface area contributed by atoms with E-state index in [2.05, 4.69) is 35.9 Å². The average molecular weight is 342 g/mol. The molecule has 3 nitrogen and oxygen atoms in total. The van der Waals surface area contributed by atoms with E-state index >= 15 is 0 Å². The first-order valence-corrected chi connectivity index (χ1v) is 8.39. The molecule has 1 unspecified atom stereocenters. The van der Waals surface area contributed by atoms with Crippen molar-refractivity contribution in [3.63, 3.8) is 0 Å². The van der Waals surface area contributed by atoms with Crippen LogP contribution in [0.3, 0.4) is 0 Å². The zero-order chi connectivity index (χ0) is 16.8. The standard InChI is InChI=1S/C19H17ClFN3/c1-11-5-12(2)24-18(23-11)4-3-13-6-14(8-17(20)19(13)24)15-7-16(21)10-22-9-15/h5-11H,3-4H2,1-2H3. The number of amidine groups is 1. The van der Waals surface area contributed by atoms with Crippen LogP contribution in [0.15, 0.2) is 47.4 Å². The first-order chi connectivity index (χ1) is 11.5. The van der Waals surface area contributed by atoms with E-state index in [9.17, 15) is 4.39 Å². The highest BCUT2D eigenvalue weighted by molar-refractivity contribution is 6.35. The van der Waals surface area contributed by atoms with Crippen LogP contribution in [0.2, 0.25) is 5.02 Å². The fourth-order valence-electron chi connectivity index (χ4n) is 3.52. The highest BCUT2D eigenvalue weighted by Crippen LogP contribution is 2.41. The van der Waals surface area contributed by atoms with Gasteiger partial charge >= 0.3 is 0 Å². The van der Waals surface area contributed by atoms with E-state index in [1.807, 2.05) is 6.07 Å². The summed E-state index contributed by atoms with van der Waals surface area (Å²) >= 11 is 6.62. The van der Waals surface area contributed by atoms with Gasteiger partial charge in [-0.15, -0.1) is 0 Å². The largest absolute Gasteiger partial charge is 0.301 e. The number of aliphatic imine (C=N–C) groups is 1. The maximum absolute atomic E-state index is 13.5. The molecule has 1 aromatic heterocycles. The van der Waals surface area contributed by atoms with Crippen molar-refractivity contribution in [2.75, 3.05) is 4.90 Å². The summed E-state index contributed by atoms with van der Waals surface area (Å²) in [5.74, 6) is 0.719. The Bertz CT molecular complexity index is 888. The van der Waals surface area contributed by atoms with Crippen LogP contribution in [0.5, 0.6) is 0 Å². The second-order valence-electron chi connectivity index (χ2n) is 6.29. The summed E-state index contributed by atoms with van der Waals surface area (Å²) in [4.78, 5) is 10.8. The SMILES string of the molecule is CC1=CC(C)N=C2CCc3cc(-c4cncc(F)c4)cc(Cl)c3N12. The summed E-state index contributed by atoms with van der Waals surface area (Å²) in [6.07, 6.45) is 6.75. The monoisotopic (exact) mass is 341 g/mol. The molecule has 122 valence electrons. The number of anilines is 1. The summed E-state index contributed by atoms with van der Waals surface area (Å²) in [5, 5.41) is 0.654. The van der Waals surface area contributed by atoms with Crippen molar-refractivity contribution in [1.82, 2.24) is 4.98 Å². The van der Waals surface area contributed by atoms with Crippen LogP contribution < -0.4 is 4.90 Å². The third-order valence-corrected chi connectivity index (χ3v) is 4.76. The third-order valence-electron chi connectivity index (χ3n) is 4.47. The summed E-state index contributed by atoms with van der Waals surface area (Å²) in [7, 11) is 0. The number of benzene rings is 1. The molecule has 24 heavy (non-hydrogen) atoms. The number of nitrogens with zero attached hydrogens (tertiary/aromatic N) is 3. The molecule has 0 radical (unpaired) electrons. The van der Waals surface area contributed by atoms with E-state index in [4.69, 9.17) is 16.6 Å². The Morgan fingerprint density at radius 2 is 2.00 bits per heavy atom. The van der Waals surface area contributed by atoms with Gasteiger partial charge in [0.25, 0.3) is 0 Å². The van der Waals surface area contributed by atoms with E-state index < -0.39 is 0 Å². The van der Waals surface area contributed by atoms with Gasteiger partial charge < -0.3 is 4.90 Å². The van der Waals surface area contributed by atoms with Crippen LogP contribution in [0.25, 0.3) is 11.1 Å². The number of allylic oxidation sites excluding steroid dienone is 1. The predicted molar refractivity (Wildman–Crippen MR) is 96.1 cm³/mol. The van der Waals surface area contributed by atoms with Gasteiger partial charge in [-0.1, -0.05) is 11.6 Å². The van der Waals surface area contributed by atoms with Crippen molar-refractivity contribution in [1.29, 1.82) is 0 Å². The minimum Gasteiger partial charge on any atom is -0.301 e. The molecule has 2 aliphatic heterocycles. The zero-order valence-electron chi connectivity index (χ0n) is 13.6. The lowest BCUT2D eigenvalue weighted by Crippen LogP contribution is -2.37. The maximum Gasteiger partial charge on any atom is 0.142 e. The summed E-state index contributed by atoms with van der Waals surface area (Å²) in [6.45, 7) is 4.17. The molecule has 0 saturated heterocycles. The van der Waals surface area contributed by atoms with Crippen molar-refractivity contribution in [3.05, 3.63) is 58.8 Å². The van der Waals surface area contributed by atoms with Crippen LogP contribution in [-0.4, -0.2) is 16.9 Å². The van der Waals surface area contributed by atoms with Crippen molar-refractivity contribution < 1.29 is 4.39 Å². The Morgan fingerprint density at radius 1 is 1.17 bits per heavy atom. The Balaban J connectivity index is 1.84.